The lowest BCUT2D eigenvalue weighted by molar-refractivity contribution is -0.386. The SMILES string of the molecule is COc1ccc(S(=O)(=O)NCCC(=O)O)cc1[N+](=O)[O-]. The molecule has 0 saturated heterocycles. The Balaban J connectivity index is 3.04. The molecule has 0 fully saturated rings. The summed E-state index contributed by atoms with van der Waals surface area (Å²) in [6.45, 7) is -0.308. The largest absolute Gasteiger partial charge is 0.490 e. The van der Waals surface area contributed by atoms with Crippen LogP contribution in [0.25, 0.3) is 0 Å². The van der Waals surface area contributed by atoms with Crippen LogP contribution in [0.1, 0.15) is 6.42 Å². The number of aliphatic carboxylic acids is 1. The van der Waals surface area contributed by atoms with Gasteiger partial charge in [-0.2, -0.15) is 0 Å². The maximum Gasteiger partial charge on any atom is 0.312 e. The van der Waals surface area contributed by atoms with E-state index in [1.165, 1.54) is 7.11 Å². The number of methoxy groups -OCH3 is 1. The minimum atomic E-state index is -4.01. The second kappa shape index (κ2) is 6.30. The first-order chi connectivity index (χ1) is 9.27. The van der Waals surface area contributed by atoms with Gasteiger partial charge in [-0.3, -0.25) is 14.9 Å². The van der Waals surface area contributed by atoms with Crippen LogP contribution in [0.5, 0.6) is 5.75 Å². The van der Waals surface area contributed by atoms with Crippen LogP contribution in [0.4, 0.5) is 5.69 Å². The van der Waals surface area contributed by atoms with Gasteiger partial charge in [0.2, 0.25) is 10.0 Å². The van der Waals surface area contributed by atoms with Crippen molar-refractivity contribution in [2.75, 3.05) is 13.7 Å². The Labute approximate surface area is 114 Å². The number of ether oxygens (including phenoxy) is 1. The van der Waals surface area contributed by atoms with E-state index in [-0.39, 0.29) is 17.2 Å². The molecule has 0 saturated carbocycles. The van der Waals surface area contributed by atoms with Crippen LogP contribution in [0, 0.1) is 10.1 Å². The third kappa shape index (κ3) is 3.90. The van der Waals surface area contributed by atoms with Crippen LogP contribution in [0.3, 0.4) is 0 Å². The minimum absolute atomic E-state index is 0.0699. The van der Waals surface area contributed by atoms with Crippen molar-refractivity contribution < 1.29 is 28.0 Å². The van der Waals surface area contributed by atoms with E-state index in [1.807, 2.05) is 4.72 Å². The fraction of sp³-hybridized carbons (Fsp3) is 0.300. The third-order valence-electron chi connectivity index (χ3n) is 2.29. The number of nitrogens with one attached hydrogen (secondary N) is 1. The van der Waals surface area contributed by atoms with Gasteiger partial charge in [0.25, 0.3) is 0 Å². The van der Waals surface area contributed by atoms with E-state index >= 15 is 0 Å². The lowest BCUT2D eigenvalue weighted by atomic mass is 10.3. The van der Waals surface area contributed by atoms with Crippen molar-refractivity contribution in [3.05, 3.63) is 28.3 Å². The highest BCUT2D eigenvalue weighted by molar-refractivity contribution is 7.89. The predicted octanol–water partition coefficient (Wildman–Crippen LogP) is 0.356. The summed E-state index contributed by atoms with van der Waals surface area (Å²) in [5.74, 6) is -1.23. The summed E-state index contributed by atoms with van der Waals surface area (Å²) in [5, 5.41) is 19.2. The number of benzene rings is 1. The zero-order valence-electron chi connectivity index (χ0n) is 10.4. The van der Waals surface area contributed by atoms with Gasteiger partial charge in [0.05, 0.1) is 23.3 Å². The highest BCUT2D eigenvalue weighted by atomic mass is 32.2. The van der Waals surface area contributed by atoms with Gasteiger partial charge >= 0.3 is 11.7 Å². The van der Waals surface area contributed by atoms with Crippen molar-refractivity contribution in [2.45, 2.75) is 11.3 Å². The maximum absolute atomic E-state index is 11.8. The Morgan fingerprint density at radius 3 is 2.65 bits per heavy atom. The van der Waals surface area contributed by atoms with Gasteiger partial charge in [0.15, 0.2) is 5.75 Å². The van der Waals surface area contributed by atoms with Crippen LogP contribution < -0.4 is 9.46 Å². The van der Waals surface area contributed by atoms with Gasteiger partial charge in [-0.15, -0.1) is 0 Å². The van der Waals surface area contributed by atoms with E-state index in [0.717, 1.165) is 18.2 Å². The minimum Gasteiger partial charge on any atom is -0.490 e. The average Bonchev–Trinajstić information content (AvgIpc) is 2.37. The third-order valence-corrected chi connectivity index (χ3v) is 3.75. The Bertz CT molecular complexity index is 626. The summed E-state index contributed by atoms with van der Waals surface area (Å²) in [5.41, 5.74) is -0.492. The second-order valence-electron chi connectivity index (χ2n) is 3.63. The van der Waals surface area contributed by atoms with E-state index in [0.29, 0.717) is 0 Å². The molecule has 0 heterocycles. The quantitative estimate of drug-likeness (QED) is 0.548. The van der Waals surface area contributed by atoms with E-state index in [2.05, 4.69) is 0 Å². The Morgan fingerprint density at radius 1 is 1.50 bits per heavy atom. The number of nitro groups is 1. The Kier molecular flexibility index (Phi) is 5.00. The topological polar surface area (TPSA) is 136 Å². The molecule has 110 valence electrons. The van der Waals surface area contributed by atoms with E-state index in [4.69, 9.17) is 9.84 Å². The van der Waals surface area contributed by atoms with Crippen LogP contribution in [-0.2, 0) is 14.8 Å². The zero-order valence-corrected chi connectivity index (χ0v) is 11.2. The molecule has 10 heteroatoms. The first-order valence-electron chi connectivity index (χ1n) is 5.32. The van der Waals surface area contributed by atoms with Gasteiger partial charge < -0.3 is 9.84 Å². The van der Waals surface area contributed by atoms with Crippen LogP contribution in [0.15, 0.2) is 23.1 Å². The average molecular weight is 304 g/mol. The molecular weight excluding hydrogens is 292 g/mol. The summed E-state index contributed by atoms with van der Waals surface area (Å²) in [7, 11) is -2.79. The summed E-state index contributed by atoms with van der Waals surface area (Å²) in [6.07, 6.45) is -0.391. The number of nitrogens with zero attached hydrogens (tertiary/aromatic N) is 1. The van der Waals surface area contributed by atoms with Crippen molar-refractivity contribution in [1.82, 2.24) is 4.72 Å². The van der Waals surface area contributed by atoms with Crippen molar-refractivity contribution >= 4 is 21.7 Å². The van der Waals surface area contributed by atoms with Crippen LogP contribution >= 0.6 is 0 Å². The van der Waals surface area contributed by atoms with Gasteiger partial charge in [-0.05, 0) is 12.1 Å². The molecule has 9 nitrogen and oxygen atoms in total. The molecule has 1 rings (SSSR count). The van der Waals surface area contributed by atoms with Gasteiger partial charge in [0, 0.05) is 12.6 Å². The molecule has 20 heavy (non-hydrogen) atoms. The maximum atomic E-state index is 11.8. The van der Waals surface area contributed by atoms with Crippen LogP contribution in [0.2, 0.25) is 0 Å². The molecule has 0 aliphatic carbocycles. The number of rotatable bonds is 7. The molecule has 0 amide bonds. The monoisotopic (exact) mass is 304 g/mol. The molecule has 0 unspecified atom stereocenters. The molecule has 1 aromatic rings. The predicted molar refractivity (Wildman–Crippen MR) is 67.1 cm³/mol. The zero-order chi connectivity index (χ0) is 15.3. The fourth-order valence-corrected chi connectivity index (χ4v) is 2.41. The van der Waals surface area contributed by atoms with E-state index in [1.54, 1.807) is 0 Å². The Morgan fingerprint density at radius 2 is 2.15 bits per heavy atom. The number of carbonyl (C=O) groups is 1. The second-order valence-corrected chi connectivity index (χ2v) is 5.40. The number of hydrogen-bond acceptors (Lipinski definition) is 6. The Hall–Kier alpha value is -2.20. The normalized spacial score (nSPS) is 11.1. The molecule has 0 spiro atoms. The molecule has 0 radical (unpaired) electrons. The van der Waals surface area contributed by atoms with E-state index < -0.39 is 33.0 Å². The number of carboxylic acid groups (broad SMARTS) is 1. The molecular formula is C10H12N2O7S. The van der Waals surface area contributed by atoms with Crippen molar-refractivity contribution in [3.63, 3.8) is 0 Å². The van der Waals surface area contributed by atoms with Gasteiger partial charge in [0.1, 0.15) is 0 Å². The lowest BCUT2D eigenvalue weighted by Crippen LogP contribution is -2.26. The number of sulfonamides is 1. The first kappa shape index (κ1) is 15.9. The van der Waals surface area contributed by atoms with Crippen molar-refractivity contribution in [1.29, 1.82) is 0 Å². The highest BCUT2D eigenvalue weighted by Gasteiger charge is 2.21. The summed E-state index contributed by atoms with van der Waals surface area (Å²) in [6, 6.07) is 3.14. The molecule has 0 atom stereocenters. The first-order valence-corrected chi connectivity index (χ1v) is 6.80. The van der Waals surface area contributed by atoms with Crippen LogP contribution in [-0.4, -0.2) is 38.1 Å². The molecule has 0 bridgehead atoms. The van der Waals surface area contributed by atoms with Crippen molar-refractivity contribution in [2.24, 2.45) is 0 Å². The fourth-order valence-electron chi connectivity index (χ4n) is 1.36. The summed E-state index contributed by atoms with van der Waals surface area (Å²) in [4.78, 5) is 20.0. The lowest BCUT2D eigenvalue weighted by Gasteiger charge is -2.07. The molecule has 0 aliphatic heterocycles. The highest BCUT2D eigenvalue weighted by Crippen LogP contribution is 2.29. The van der Waals surface area contributed by atoms with Crippen molar-refractivity contribution in [3.8, 4) is 5.75 Å². The number of nitro benzene ring substituents is 1. The standard InChI is InChI=1S/C10H12N2O7S/c1-19-9-3-2-7(6-8(9)12(15)16)20(17,18)11-5-4-10(13)14/h2-3,6,11H,4-5H2,1H3,(H,13,14). The number of carboxylic acids is 1. The molecule has 0 aliphatic rings. The molecule has 0 aromatic heterocycles. The van der Waals surface area contributed by atoms with Gasteiger partial charge in [-0.1, -0.05) is 0 Å². The molecule has 2 N–H and O–H groups in total. The van der Waals surface area contributed by atoms with Gasteiger partial charge in [-0.25, -0.2) is 13.1 Å². The smallest absolute Gasteiger partial charge is 0.312 e. The molecule has 1 aromatic carbocycles. The van der Waals surface area contributed by atoms with E-state index in [9.17, 15) is 23.3 Å². The number of hydrogen-bond donors (Lipinski definition) is 2. The summed E-state index contributed by atoms with van der Waals surface area (Å²) < 4.78 is 30.4. The summed E-state index contributed by atoms with van der Waals surface area (Å²) >= 11 is 0.